The van der Waals surface area contributed by atoms with Crippen molar-refractivity contribution in [2.45, 2.75) is 31.5 Å². The maximum Gasteiger partial charge on any atom is 0.249 e. The number of rotatable bonds is 11. The van der Waals surface area contributed by atoms with Gasteiger partial charge in [0.15, 0.2) is 11.5 Å². The van der Waals surface area contributed by atoms with Crippen LogP contribution < -0.4 is 24.4 Å². The van der Waals surface area contributed by atoms with Gasteiger partial charge in [0.05, 0.1) is 33.0 Å². The van der Waals surface area contributed by atoms with Crippen LogP contribution in [0.3, 0.4) is 0 Å². The maximum absolute atomic E-state index is 14.2. The summed E-state index contributed by atoms with van der Waals surface area (Å²) in [5.74, 6) is -0.504. The molecule has 1 aromatic heterocycles. The quantitative estimate of drug-likeness (QED) is 0.287. The van der Waals surface area contributed by atoms with Gasteiger partial charge in [-0.2, -0.15) is 0 Å². The Hall–Kier alpha value is -4.71. The van der Waals surface area contributed by atoms with Crippen LogP contribution in [0.15, 0.2) is 60.7 Å². The summed E-state index contributed by atoms with van der Waals surface area (Å²) in [5, 5.41) is 11.3. The summed E-state index contributed by atoms with van der Waals surface area (Å²) in [7, 11) is 4.40. The van der Waals surface area contributed by atoms with Crippen LogP contribution in [0.25, 0.3) is 11.0 Å². The van der Waals surface area contributed by atoms with Gasteiger partial charge in [0.25, 0.3) is 0 Å². The van der Waals surface area contributed by atoms with Crippen LogP contribution in [0.5, 0.6) is 17.2 Å². The zero-order chi connectivity index (χ0) is 29.6. The van der Waals surface area contributed by atoms with Crippen molar-refractivity contribution in [3.8, 4) is 17.2 Å². The van der Waals surface area contributed by atoms with Gasteiger partial charge in [-0.05, 0) is 66.9 Å². The van der Waals surface area contributed by atoms with Crippen LogP contribution in [0.1, 0.15) is 24.4 Å². The van der Waals surface area contributed by atoms with Gasteiger partial charge >= 0.3 is 0 Å². The van der Waals surface area contributed by atoms with E-state index >= 15 is 0 Å². The molecule has 2 heterocycles. The molecule has 11 nitrogen and oxygen atoms in total. The molecule has 2 atom stereocenters. The van der Waals surface area contributed by atoms with Crippen LogP contribution in [-0.2, 0) is 20.9 Å². The van der Waals surface area contributed by atoms with Crippen molar-refractivity contribution in [3.63, 3.8) is 0 Å². The van der Waals surface area contributed by atoms with Crippen molar-refractivity contribution in [1.82, 2.24) is 20.3 Å². The number of halogens is 1. The third kappa shape index (κ3) is 5.98. The molecular formula is C30H32FN5O6. The minimum Gasteiger partial charge on any atom is -0.493 e. The number of carbonyl (C=O) groups excluding carboxylic acids is 2. The summed E-state index contributed by atoms with van der Waals surface area (Å²) < 4.78 is 37.8. The Labute approximate surface area is 242 Å². The standard InChI is InChI=1S/C30H32FN5O6/c1-39-25-15-19(16-26(40-2)29(25)41-3)28(30(38)32-17-22-7-6-14-42-22)36(21-12-10-20(31)11-13-21)27(37)18-35-24-9-5-4-8-23(24)33-34-35/h4-5,8-13,15-16,22,28H,6-7,14,17-18H2,1-3H3,(H,32,38). The molecular weight excluding hydrogens is 545 g/mol. The number of para-hydroxylation sites is 1. The van der Waals surface area contributed by atoms with Crippen LogP contribution in [-0.4, -0.2) is 67.4 Å². The smallest absolute Gasteiger partial charge is 0.249 e. The minimum absolute atomic E-state index is 0.133. The van der Waals surface area contributed by atoms with E-state index in [9.17, 15) is 14.0 Å². The minimum atomic E-state index is -1.21. The van der Waals surface area contributed by atoms with Crippen LogP contribution in [0.2, 0.25) is 0 Å². The Morgan fingerprint density at radius 1 is 1.07 bits per heavy atom. The Balaban J connectivity index is 1.61. The lowest BCUT2D eigenvalue weighted by atomic mass is 10.0. The fraction of sp³-hybridized carbons (Fsp3) is 0.333. The fourth-order valence-corrected chi connectivity index (χ4v) is 5.07. The number of hydrogen-bond acceptors (Lipinski definition) is 8. The molecule has 2 unspecified atom stereocenters. The van der Waals surface area contributed by atoms with Crippen LogP contribution >= 0.6 is 0 Å². The Bertz CT molecular complexity index is 1530. The summed E-state index contributed by atoms with van der Waals surface area (Å²) >= 11 is 0. The molecule has 5 rings (SSSR count). The number of aromatic nitrogens is 3. The molecule has 3 aromatic carbocycles. The molecule has 0 aliphatic carbocycles. The molecule has 0 bridgehead atoms. The van der Waals surface area contributed by atoms with E-state index in [-0.39, 0.29) is 19.2 Å². The summed E-state index contributed by atoms with van der Waals surface area (Å²) in [5.41, 5.74) is 1.96. The highest BCUT2D eigenvalue weighted by Crippen LogP contribution is 2.41. The van der Waals surface area contributed by atoms with Crippen molar-refractivity contribution in [3.05, 3.63) is 72.0 Å². The molecule has 1 aliphatic rings. The first kappa shape index (κ1) is 28.8. The van der Waals surface area contributed by atoms with Gasteiger partial charge in [0, 0.05) is 18.8 Å². The van der Waals surface area contributed by atoms with Crippen molar-refractivity contribution in [2.75, 3.05) is 39.4 Å². The Morgan fingerprint density at radius 2 is 1.79 bits per heavy atom. The lowest BCUT2D eigenvalue weighted by Gasteiger charge is -2.32. The summed E-state index contributed by atoms with van der Waals surface area (Å²) in [6, 6.07) is 14.6. The van der Waals surface area contributed by atoms with Gasteiger partial charge in [0.2, 0.25) is 17.6 Å². The lowest BCUT2D eigenvalue weighted by molar-refractivity contribution is -0.127. The van der Waals surface area contributed by atoms with Gasteiger partial charge in [-0.15, -0.1) is 5.10 Å². The highest BCUT2D eigenvalue weighted by Gasteiger charge is 2.35. The topological polar surface area (TPSA) is 117 Å². The van der Waals surface area contributed by atoms with E-state index in [1.54, 1.807) is 24.3 Å². The largest absolute Gasteiger partial charge is 0.493 e. The van der Waals surface area contributed by atoms with Crippen molar-refractivity contribution in [2.24, 2.45) is 0 Å². The molecule has 4 aromatic rings. The van der Waals surface area contributed by atoms with Crippen LogP contribution in [0.4, 0.5) is 10.1 Å². The van der Waals surface area contributed by atoms with E-state index in [2.05, 4.69) is 15.6 Å². The molecule has 12 heteroatoms. The summed E-state index contributed by atoms with van der Waals surface area (Å²) in [6.07, 6.45) is 1.59. The average molecular weight is 578 g/mol. The van der Waals surface area contributed by atoms with Gasteiger partial charge < -0.3 is 24.3 Å². The van der Waals surface area contributed by atoms with E-state index < -0.39 is 23.7 Å². The number of methoxy groups -OCH3 is 3. The first-order chi connectivity index (χ1) is 20.4. The second-order valence-corrected chi connectivity index (χ2v) is 9.72. The molecule has 1 N–H and O–H groups in total. The first-order valence-corrected chi connectivity index (χ1v) is 13.5. The SMILES string of the molecule is COc1cc(C(C(=O)NCC2CCCO2)N(C(=O)Cn2nnc3ccccc32)c2ccc(F)cc2)cc(OC)c1OC. The Kier molecular flexibility index (Phi) is 8.82. The zero-order valence-corrected chi connectivity index (χ0v) is 23.6. The number of nitrogens with one attached hydrogen (secondary N) is 1. The number of carbonyl (C=O) groups is 2. The van der Waals surface area contributed by atoms with Gasteiger partial charge in [-0.1, -0.05) is 17.3 Å². The van der Waals surface area contributed by atoms with Gasteiger partial charge in [-0.25, -0.2) is 9.07 Å². The van der Waals surface area contributed by atoms with E-state index in [1.807, 2.05) is 12.1 Å². The number of hydrogen-bond donors (Lipinski definition) is 1. The third-order valence-electron chi connectivity index (χ3n) is 7.12. The molecule has 220 valence electrons. The van der Waals surface area contributed by atoms with E-state index in [4.69, 9.17) is 18.9 Å². The molecule has 42 heavy (non-hydrogen) atoms. The number of anilines is 1. The fourth-order valence-electron chi connectivity index (χ4n) is 5.07. The highest BCUT2D eigenvalue weighted by molar-refractivity contribution is 6.01. The highest BCUT2D eigenvalue weighted by atomic mass is 19.1. The number of amides is 2. The van der Waals surface area contributed by atoms with Crippen molar-refractivity contribution in [1.29, 1.82) is 0 Å². The Morgan fingerprint density at radius 3 is 2.43 bits per heavy atom. The monoisotopic (exact) mass is 577 g/mol. The second-order valence-electron chi connectivity index (χ2n) is 9.72. The van der Waals surface area contributed by atoms with Gasteiger partial charge in [-0.3, -0.25) is 14.5 Å². The van der Waals surface area contributed by atoms with E-state index in [1.165, 1.54) is 55.2 Å². The predicted octanol–water partition coefficient (Wildman–Crippen LogP) is 3.67. The van der Waals surface area contributed by atoms with E-state index in [0.717, 1.165) is 12.8 Å². The van der Waals surface area contributed by atoms with Crippen LogP contribution in [0, 0.1) is 5.82 Å². The van der Waals surface area contributed by atoms with E-state index in [0.29, 0.717) is 46.1 Å². The second kappa shape index (κ2) is 12.9. The lowest BCUT2D eigenvalue weighted by Crippen LogP contribution is -2.46. The first-order valence-electron chi connectivity index (χ1n) is 13.5. The molecule has 0 radical (unpaired) electrons. The molecule has 2 amide bonds. The molecule has 1 saturated heterocycles. The normalized spacial score (nSPS) is 15.3. The molecule has 0 spiro atoms. The molecule has 1 fully saturated rings. The van der Waals surface area contributed by atoms with Gasteiger partial charge in [0.1, 0.15) is 23.9 Å². The van der Waals surface area contributed by atoms with Crippen molar-refractivity contribution < 1.29 is 32.9 Å². The number of ether oxygens (including phenoxy) is 4. The number of fused-ring (bicyclic) bond motifs is 1. The maximum atomic E-state index is 14.2. The number of benzene rings is 3. The third-order valence-corrected chi connectivity index (χ3v) is 7.12. The summed E-state index contributed by atoms with van der Waals surface area (Å²) in [4.78, 5) is 29.6. The van der Waals surface area contributed by atoms with Crippen molar-refractivity contribution >= 4 is 28.5 Å². The average Bonchev–Trinajstić information content (AvgIpc) is 3.69. The summed E-state index contributed by atoms with van der Waals surface area (Å²) in [6.45, 7) is 0.652. The number of nitrogens with zero attached hydrogens (tertiary/aromatic N) is 4. The molecule has 1 aliphatic heterocycles. The zero-order valence-electron chi connectivity index (χ0n) is 23.6. The predicted molar refractivity (Wildman–Crippen MR) is 152 cm³/mol. The molecule has 0 saturated carbocycles.